The minimum Gasteiger partial charge on any atom is -0.481 e. The van der Waals surface area contributed by atoms with E-state index in [0.717, 1.165) is 28.1 Å². The Hall–Kier alpha value is -3.64. The van der Waals surface area contributed by atoms with Gasteiger partial charge >= 0.3 is 0 Å². The molecule has 2 aromatic carbocycles. The highest BCUT2D eigenvalue weighted by Crippen LogP contribution is 2.25. The lowest BCUT2D eigenvalue weighted by Crippen LogP contribution is -2.24. The first-order valence-corrected chi connectivity index (χ1v) is 10.2. The van der Waals surface area contributed by atoms with Crippen LogP contribution in [0.25, 0.3) is 16.9 Å². The number of rotatable bonds is 7. The van der Waals surface area contributed by atoms with Gasteiger partial charge in [0.25, 0.3) is 0 Å². The summed E-state index contributed by atoms with van der Waals surface area (Å²) in [6, 6.07) is 20.9. The van der Waals surface area contributed by atoms with E-state index in [9.17, 15) is 4.79 Å². The molecule has 0 bridgehead atoms. The average molecular weight is 433 g/mol. The number of amides is 1. The van der Waals surface area contributed by atoms with E-state index >= 15 is 0 Å². The number of carbonyl (C=O) groups is 1. The lowest BCUT2D eigenvalue weighted by molar-refractivity contribution is -0.120. The number of hydrogen-bond acceptors (Lipinski definition) is 4. The van der Waals surface area contributed by atoms with Crippen molar-refractivity contribution in [1.82, 2.24) is 20.1 Å². The molecule has 0 fully saturated rings. The fourth-order valence-corrected chi connectivity index (χ4v) is 3.30. The molecule has 0 aliphatic heterocycles. The van der Waals surface area contributed by atoms with Crippen LogP contribution in [-0.2, 0) is 17.8 Å². The summed E-state index contributed by atoms with van der Waals surface area (Å²) in [7, 11) is 1.57. The molecule has 31 heavy (non-hydrogen) atoms. The van der Waals surface area contributed by atoms with Gasteiger partial charge in [-0.1, -0.05) is 48.0 Å². The van der Waals surface area contributed by atoms with Gasteiger partial charge in [-0.3, -0.25) is 4.79 Å². The quantitative estimate of drug-likeness (QED) is 0.468. The maximum absolute atomic E-state index is 12.7. The van der Waals surface area contributed by atoms with E-state index in [1.165, 1.54) is 0 Å². The predicted molar refractivity (Wildman–Crippen MR) is 120 cm³/mol. The summed E-state index contributed by atoms with van der Waals surface area (Å²) in [5.41, 5.74) is 4.31. The molecule has 2 heterocycles. The lowest BCUT2D eigenvalue weighted by atomic mass is 10.1. The second kappa shape index (κ2) is 9.45. The first-order chi connectivity index (χ1) is 15.1. The number of ether oxygens (including phenoxy) is 1. The highest BCUT2D eigenvalue weighted by molar-refractivity contribution is 6.30. The van der Waals surface area contributed by atoms with Crippen LogP contribution in [0.5, 0.6) is 5.88 Å². The molecule has 2 aromatic heterocycles. The predicted octanol–water partition coefficient (Wildman–Crippen LogP) is 4.46. The van der Waals surface area contributed by atoms with E-state index in [1.54, 1.807) is 24.1 Å². The van der Waals surface area contributed by atoms with E-state index in [2.05, 4.69) is 10.3 Å². The van der Waals surface area contributed by atoms with Crippen LogP contribution in [0.4, 0.5) is 0 Å². The van der Waals surface area contributed by atoms with Gasteiger partial charge in [0.15, 0.2) is 0 Å². The number of methoxy groups -OCH3 is 1. The Balaban J connectivity index is 1.54. The number of carbonyl (C=O) groups excluding carboxylic acids is 1. The second-order valence-corrected chi connectivity index (χ2v) is 7.39. The summed E-state index contributed by atoms with van der Waals surface area (Å²) in [6.07, 6.45) is 3.79. The third kappa shape index (κ3) is 5.10. The fourth-order valence-electron chi connectivity index (χ4n) is 3.18. The third-order valence-corrected chi connectivity index (χ3v) is 5.03. The number of pyridine rings is 1. The SMILES string of the molecule is COc1ccc(CNC(=O)Cc2cn(-c3ccccc3)nc2-c2ccc(Cl)cc2)cn1. The minimum atomic E-state index is -0.0985. The zero-order valence-corrected chi connectivity index (χ0v) is 17.7. The van der Waals surface area contributed by atoms with Gasteiger partial charge in [0, 0.05) is 41.2 Å². The van der Waals surface area contributed by atoms with Crippen molar-refractivity contribution in [3.8, 4) is 22.8 Å². The van der Waals surface area contributed by atoms with Crippen LogP contribution in [-0.4, -0.2) is 27.8 Å². The van der Waals surface area contributed by atoms with Gasteiger partial charge in [0.2, 0.25) is 11.8 Å². The standard InChI is InChI=1S/C24H21ClN4O2/c1-31-23-12-7-17(15-27-23)14-26-22(30)13-19-16-29(21-5-3-2-4-6-21)28-24(19)18-8-10-20(25)11-9-18/h2-12,15-16H,13-14H2,1H3,(H,26,30). The van der Waals surface area contributed by atoms with E-state index in [0.29, 0.717) is 17.4 Å². The molecular formula is C24H21ClN4O2. The molecule has 0 aliphatic carbocycles. The summed E-state index contributed by atoms with van der Waals surface area (Å²) in [4.78, 5) is 16.8. The van der Waals surface area contributed by atoms with Crippen molar-refractivity contribution in [3.63, 3.8) is 0 Å². The van der Waals surface area contributed by atoms with Crippen molar-refractivity contribution in [3.05, 3.63) is 95.3 Å². The number of para-hydroxylation sites is 1. The monoisotopic (exact) mass is 432 g/mol. The Morgan fingerprint density at radius 1 is 1.06 bits per heavy atom. The van der Waals surface area contributed by atoms with Gasteiger partial charge in [-0.05, 0) is 29.8 Å². The molecule has 0 unspecified atom stereocenters. The Morgan fingerprint density at radius 2 is 1.84 bits per heavy atom. The van der Waals surface area contributed by atoms with Crippen LogP contribution < -0.4 is 10.1 Å². The van der Waals surface area contributed by atoms with E-state index in [-0.39, 0.29) is 12.3 Å². The molecule has 6 nitrogen and oxygen atoms in total. The maximum atomic E-state index is 12.7. The van der Waals surface area contributed by atoms with E-state index < -0.39 is 0 Å². The van der Waals surface area contributed by atoms with Crippen LogP contribution in [0.1, 0.15) is 11.1 Å². The second-order valence-electron chi connectivity index (χ2n) is 6.95. The van der Waals surface area contributed by atoms with Gasteiger partial charge < -0.3 is 10.1 Å². The molecule has 156 valence electrons. The molecule has 0 aliphatic rings. The van der Waals surface area contributed by atoms with E-state index in [1.807, 2.05) is 66.9 Å². The Bertz CT molecular complexity index is 1160. The number of nitrogens with zero attached hydrogens (tertiary/aromatic N) is 3. The summed E-state index contributed by atoms with van der Waals surface area (Å²) in [6.45, 7) is 0.388. The topological polar surface area (TPSA) is 69.0 Å². The fraction of sp³-hybridized carbons (Fsp3) is 0.125. The van der Waals surface area contributed by atoms with Crippen molar-refractivity contribution in [2.75, 3.05) is 7.11 Å². The number of hydrogen-bond donors (Lipinski definition) is 1. The highest BCUT2D eigenvalue weighted by Gasteiger charge is 2.15. The molecular weight excluding hydrogens is 412 g/mol. The summed E-state index contributed by atoms with van der Waals surface area (Å²) in [5, 5.41) is 8.34. The molecule has 0 spiro atoms. The molecule has 0 saturated heterocycles. The first-order valence-electron chi connectivity index (χ1n) is 9.78. The van der Waals surface area contributed by atoms with Crippen molar-refractivity contribution >= 4 is 17.5 Å². The molecule has 0 radical (unpaired) electrons. The zero-order valence-electron chi connectivity index (χ0n) is 17.0. The normalized spacial score (nSPS) is 10.6. The molecule has 4 rings (SSSR count). The molecule has 0 atom stereocenters. The number of benzene rings is 2. The number of nitrogens with one attached hydrogen (secondary N) is 1. The van der Waals surface area contributed by atoms with Crippen molar-refractivity contribution in [2.24, 2.45) is 0 Å². The highest BCUT2D eigenvalue weighted by atomic mass is 35.5. The van der Waals surface area contributed by atoms with Crippen LogP contribution >= 0.6 is 11.6 Å². The maximum Gasteiger partial charge on any atom is 0.224 e. The number of aromatic nitrogens is 3. The molecule has 7 heteroatoms. The van der Waals surface area contributed by atoms with Crippen LogP contribution in [0.15, 0.2) is 79.1 Å². The summed E-state index contributed by atoms with van der Waals surface area (Å²) in [5.74, 6) is 0.439. The molecule has 1 amide bonds. The summed E-state index contributed by atoms with van der Waals surface area (Å²) >= 11 is 6.04. The Kier molecular flexibility index (Phi) is 6.29. The van der Waals surface area contributed by atoms with Gasteiger partial charge in [0.05, 0.1) is 24.9 Å². The Labute approximate surface area is 185 Å². The van der Waals surface area contributed by atoms with Gasteiger partial charge in [-0.2, -0.15) is 5.10 Å². The Morgan fingerprint density at radius 3 is 2.52 bits per heavy atom. The molecule has 0 saturated carbocycles. The van der Waals surface area contributed by atoms with Crippen LogP contribution in [0.2, 0.25) is 5.02 Å². The van der Waals surface area contributed by atoms with Crippen molar-refractivity contribution < 1.29 is 9.53 Å². The molecule has 1 N–H and O–H groups in total. The number of halogens is 1. The van der Waals surface area contributed by atoms with Crippen molar-refractivity contribution in [1.29, 1.82) is 0 Å². The van der Waals surface area contributed by atoms with Crippen molar-refractivity contribution in [2.45, 2.75) is 13.0 Å². The smallest absolute Gasteiger partial charge is 0.224 e. The van der Waals surface area contributed by atoms with Crippen LogP contribution in [0.3, 0.4) is 0 Å². The van der Waals surface area contributed by atoms with Gasteiger partial charge in [0.1, 0.15) is 0 Å². The van der Waals surface area contributed by atoms with Gasteiger partial charge in [-0.25, -0.2) is 9.67 Å². The summed E-state index contributed by atoms with van der Waals surface area (Å²) < 4.78 is 6.85. The first kappa shape index (κ1) is 20.6. The largest absolute Gasteiger partial charge is 0.481 e. The lowest BCUT2D eigenvalue weighted by Gasteiger charge is -2.06. The average Bonchev–Trinajstić information content (AvgIpc) is 3.23. The third-order valence-electron chi connectivity index (χ3n) is 4.78. The van der Waals surface area contributed by atoms with E-state index in [4.69, 9.17) is 21.4 Å². The molecule has 4 aromatic rings. The van der Waals surface area contributed by atoms with Gasteiger partial charge in [-0.15, -0.1) is 0 Å². The minimum absolute atomic E-state index is 0.0985. The van der Waals surface area contributed by atoms with Crippen LogP contribution in [0, 0.1) is 0 Å². The zero-order chi connectivity index (χ0) is 21.6.